The van der Waals surface area contributed by atoms with E-state index in [0.717, 1.165) is 12.8 Å². The number of carbonyl (C=O) groups excluding carboxylic acids is 1. The summed E-state index contributed by atoms with van der Waals surface area (Å²) in [5, 5.41) is 9.59. The van der Waals surface area contributed by atoms with Gasteiger partial charge in [-0.1, -0.05) is 76.5 Å². The van der Waals surface area contributed by atoms with Crippen molar-refractivity contribution in [3.63, 3.8) is 0 Å². The minimum Gasteiger partial charge on any atom is -0.481 e. The smallest absolute Gasteiger partial charge is 0.338 e. The molecule has 0 saturated carbocycles. The van der Waals surface area contributed by atoms with Gasteiger partial charge in [-0.3, -0.25) is 4.79 Å². The molecule has 2 rings (SSSR count). The van der Waals surface area contributed by atoms with Crippen molar-refractivity contribution in [2.45, 2.75) is 83.2 Å². The van der Waals surface area contributed by atoms with Gasteiger partial charge in [0, 0.05) is 0 Å². The van der Waals surface area contributed by atoms with E-state index >= 15 is 0 Å². The Hall–Kier alpha value is -1.84. The number of ether oxygens (including phenoxy) is 1. The van der Waals surface area contributed by atoms with Gasteiger partial charge in [0.25, 0.3) is 0 Å². The standard InChI is InChI=1S/C21H30O4/c1-2-3-4-5-6-7-8-9-10-15-18-19(20(22)23)16-13-11-12-14-17(16)21(24)25-18/h11-14,18-19H,2-10,15H2,1H3,(H,22,23). The summed E-state index contributed by atoms with van der Waals surface area (Å²) in [7, 11) is 0. The van der Waals surface area contributed by atoms with Crippen molar-refractivity contribution in [1.29, 1.82) is 0 Å². The van der Waals surface area contributed by atoms with Crippen LogP contribution in [-0.2, 0) is 9.53 Å². The molecule has 0 bridgehead atoms. The first kappa shape index (κ1) is 19.5. The molecule has 0 spiro atoms. The summed E-state index contributed by atoms with van der Waals surface area (Å²) in [4.78, 5) is 23.8. The van der Waals surface area contributed by atoms with E-state index in [1.807, 2.05) is 0 Å². The van der Waals surface area contributed by atoms with Crippen LogP contribution in [0.5, 0.6) is 0 Å². The van der Waals surface area contributed by atoms with Crippen LogP contribution in [-0.4, -0.2) is 23.1 Å². The lowest BCUT2D eigenvalue weighted by Crippen LogP contribution is -2.36. The van der Waals surface area contributed by atoms with Crippen molar-refractivity contribution in [1.82, 2.24) is 0 Å². The van der Waals surface area contributed by atoms with Gasteiger partial charge in [-0.15, -0.1) is 0 Å². The van der Waals surface area contributed by atoms with E-state index in [1.54, 1.807) is 24.3 Å². The van der Waals surface area contributed by atoms with Gasteiger partial charge >= 0.3 is 11.9 Å². The molecular weight excluding hydrogens is 316 g/mol. The van der Waals surface area contributed by atoms with Crippen LogP contribution in [0.15, 0.2) is 24.3 Å². The fourth-order valence-electron chi connectivity index (χ4n) is 3.60. The molecule has 0 radical (unpaired) electrons. The quantitative estimate of drug-likeness (QED) is 0.435. The Labute approximate surface area is 150 Å². The zero-order chi connectivity index (χ0) is 18.1. The third-order valence-electron chi connectivity index (χ3n) is 5.00. The number of fused-ring (bicyclic) bond motifs is 1. The van der Waals surface area contributed by atoms with Gasteiger partial charge in [0.05, 0.1) is 5.56 Å². The van der Waals surface area contributed by atoms with Crippen LogP contribution >= 0.6 is 0 Å². The normalized spacial score (nSPS) is 19.3. The van der Waals surface area contributed by atoms with Crippen molar-refractivity contribution in [3.05, 3.63) is 35.4 Å². The van der Waals surface area contributed by atoms with Gasteiger partial charge in [-0.25, -0.2) is 4.79 Å². The topological polar surface area (TPSA) is 63.6 Å². The lowest BCUT2D eigenvalue weighted by Gasteiger charge is -2.30. The third-order valence-corrected chi connectivity index (χ3v) is 5.00. The number of carboxylic acid groups (broad SMARTS) is 1. The van der Waals surface area contributed by atoms with Crippen LogP contribution in [0.2, 0.25) is 0 Å². The van der Waals surface area contributed by atoms with Crippen molar-refractivity contribution in [2.75, 3.05) is 0 Å². The van der Waals surface area contributed by atoms with Crippen LogP contribution < -0.4 is 0 Å². The van der Waals surface area contributed by atoms with Crippen molar-refractivity contribution >= 4 is 11.9 Å². The number of benzene rings is 1. The highest BCUT2D eigenvalue weighted by Crippen LogP contribution is 2.34. The number of carbonyl (C=O) groups is 2. The fraction of sp³-hybridized carbons (Fsp3) is 0.619. The van der Waals surface area contributed by atoms with Crippen molar-refractivity contribution < 1.29 is 19.4 Å². The number of rotatable bonds is 11. The Morgan fingerprint density at radius 2 is 1.60 bits per heavy atom. The number of hydrogen-bond acceptors (Lipinski definition) is 3. The van der Waals surface area contributed by atoms with E-state index in [1.165, 1.54) is 44.9 Å². The molecule has 0 saturated heterocycles. The lowest BCUT2D eigenvalue weighted by molar-refractivity contribution is -0.142. The minimum absolute atomic E-state index is 0.387. The maximum absolute atomic E-state index is 12.1. The first-order valence-corrected chi connectivity index (χ1v) is 9.68. The summed E-state index contributed by atoms with van der Waals surface area (Å²) in [6.45, 7) is 2.22. The summed E-state index contributed by atoms with van der Waals surface area (Å²) in [5.41, 5.74) is 0.977. The second-order valence-electron chi connectivity index (χ2n) is 6.96. The number of carboxylic acids is 1. The molecule has 1 aromatic rings. The molecule has 1 heterocycles. The Kier molecular flexibility index (Phi) is 7.96. The summed E-state index contributed by atoms with van der Waals surface area (Å²) in [6, 6.07) is 6.89. The molecule has 0 aliphatic carbocycles. The number of hydrogen-bond donors (Lipinski definition) is 1. The molecule has 0 aromatic heterocycles. The average molecular weight is 346 g/mol. The fourth-order valence-corrected chi connectivity index (χ4v) is 3.60. The van der Waals surface area contributed by atoms with Gasteiger partial charge in [0.1, 0.15) is 12.0 Å². The van der Waals surface area contributed by atoms with Crippen LogP contribution in [0.25, 0.3) is 0 Å². The maximum Gasteiger partial charge on any atom is 0.338 e. The van der Waals surface area contributed by atoms with Crippen LogP contribution in [0.3, 0.4) is 0 Å². The first-order chi connectivity index (χ1) is 12.1. The zero-order valence-electron chi connectivity index (χ0n) is 15.2. The molecule has 2 atom stereocenters. The molecule has 4 heteroatoms. The maximum atomic E-state index is 12.1. The molecule has 25 heavy (non-hydrogen) atoms. The molecule has 1 aliphatic rings. The molecule has 0 fully saturated rings. The van der Waals surface area contributed by atoms with E-state index in [2.05, 4.69) is 6.92 Å². The highest BCUT2D eigenvalue weighted by molar-refractivity contribution is 5.95. The molecule has 138 valence electrons. The monoisotopic (exact) mass is 346 g/mol. The van der Waals surface area contributed by atoms with E-state index in [0.29, 0.717) is 17.5 Å². The van der Waals surface area contributed by atoms with Gasteiger partial charge in [-0.2, -0.15) is 0 Å². The predicted molar refractivity (Wildman–Crippen MR) is 97.9 cm³/mol. The van der Waals surface area contributed by atoms with Gasteiger partial charge in [0.2, 0.25) is 0 Å². The summed E-state index contributed by atoms with van der Waals surface area (Å²) in [6.07, 6.45) is 11.0. The predicted octanol–water partition coefficient (Wildman–Crippen LogP) is 5.31. The zero-order valence-corrected chi connectivity index (χ0v) is 15.2. The Balaban J connectivity index is 1.78. The second-order valence-corrected chi connectivity index (χ2v) is 6.96. The van der Waals surface area contributed by atoms with E-state index in [-0.39, 0.29) is 0 Å². The van der Waals surface area contributed by atoms with Crippen LogP contribution in [0.1, 0.15) is 93.0 Å². The Morgan fingerprint density at radius 1 is 1.00 bits per heavy atom. The second kappa shape index (κ2) is 10.2. The molecule has 2 unspecified atom stereocenters. The third kappa shape index (κ3) is 5.58. The number of esters is 1. The van der Waals surface area contributed by atoms with Crippen LogP contribution in [0, 0.1) is 0 Å². The largest absolute Gasteiger partial charge is 0.481 e. The molecule has 1 aromatic carbocycles. The summed E-state index contributed by atoms with van der Waals surface area (Å²) < 4.78 is 5.44. The lowest BCUT2D eigenvalue weighted by atomic mass is 9.85. The van der Waals surface area contributed by atoms with Crippen LogP contribution in [0.4, 0.5) is 0 Å². The highest BCUT2D eigenvalue weighted by atomic mass is 16.5. The Bertz CT molecular complexity index is 567. The Morgan fingerprint density at radius 3 is 2.24 bits per heavy atom. The van der Waals surface area contributed by atoms with E-state index in [9.17, 15) is 14.7 Å². The minimum atomic E-state index is -0.916. The highest BCUT2D eigenvalue weighted by Gasteiger charge is 2.39. The SMILES string of the molecule is CCCCCCCCCCCC1OC(=O)c2ccccc2C1C(=O)O. The average Bonchev–Trinajstić information content (AvgIpc) is 2.60. The van der Waals surface area contributed by atoms with Crippen molar-refractivity contribution in [2.24, 2.45) is 0 Å². The van der Waals surface area contributed by atoms with Gasteiger partial charge in [-0.05, 0) is 24.5 Å². The summed E-state index contributed by atoms with van der Waals surface area (Å²) in [5.74, 6) is -2.06. The number of unbranched alkanes of at least 4 members (excludes halogenated alkanes) is 8. The molecule has 4 nitrogen and oxygen atoms in total. The number of aliphatic carboxylic acids is 1. The summed E-state index contributed by atoms with van der Waals surface area (Å²) >= 11 is 0. The van der Waals surface area contributed by atoms with Gasteiger partial charge in [0.15, 0.2) is 0 Å². The van der Waals surface area contributed by atoms with E-state index in [4.69, 9.17) is 4.74 Å². The van der Waals surface area contributed by atoms with Crippen molar-refractivity contribution in [3.8, 4) is 0 Å². The number of cyclic esters (lactones) is 1. The van der Waals surface area contributed by atoms with Gasteiger partial charge < -0.3 is 9.84 Å². The first-order valence-electron chi connectivity index (χ1n) is 9.68. The molecule has 1 N–H and O–H groups in total. The molecule has 1 aliphatic heterocycles. The molecule has 0 amide bonds. The molecular formula is C21H30O4. The van der Waals surface area contributed by atoms with E-state index < -0.39 is 24.0 Å².